The zero-order valence-corrected chi connectivity index (χ0v) is 12.2. The van der Waals surface area contributed by atoms with Gasteiger partial charge in [0.2, 0.25) is 0 Å². The van der Waals surface area contributed by atoms with Gasteiger partial charge in [-0.05, 0) is 38.0 Å². The van der Waals surface area contributed by atoms with E-state index in [1.165, 1.54) is 11.3 Å². The molecule has 2 heterocycles. The number of fused-ring (bicyclic) bond motifs is 1. The lowest BCUT2D eigenvalue weighted by Crippen LogP contribution is -2.46. The summed E-state index contributed by atoms with van der Waals surface area (Å²) in [5.41, 5.74) is 2.66. The summed E-state index contributed by atoms with van der Waals surface area (Å²) in [6, 6.07) is 0.282. The van der Waals surface area contributed by atoms with Gasteiger partial charge in [0.15, 0.2) is 0 Å². The lowest BCUT2D eigenvalue weighted by molar-refractivity contribution is 0.0212. The highest BCUT2D eigenvalue weighted by molar-refractivity contribution is 7.11. The number of hydrogen-bond acceptors (Lipinski definition) is 4. The molecule has 0 aromatic carbocycles. The fourth-order valence-corrected chi connectivity index (χ4v) is 4.45. The summed E-state index contributed by atoms with van der Waals surface area (Å²) < 4.78 is 0. The number of carbonyl (C=O) groups is 1. The smallest absolute Gasteiger partial charge is 0.266 e. The lowest BCUT2D eigenvalue weighted by Gasteiger charge is -2.41. The summed E-state index contributed by atoms with van der Waals surface area (Å²) in [6.45, 7) is 4.92. The van der Waals surface area contributed by atoms with E-state index in [1.54, 1.807) is 5.51 Å². The molecule has 1 aromatic rings. The molecule has 3 atom stereocenters. The number of amides is 1. The van der Waals surface area contributed by atoms with E-state index in [0.717, 1.165) is 42.8 Å². The summed E-state index contributed by atoms with van der Waals surface area (Å²) in [6.07, 6.45) is 3.36. The van der Waals surface area contributed by atoms with Crippen LogP contribution in [0.4, 0.5) is 0 Å². The van der Waals surface area contributed by atoms with E-state index in [9.17, 15) is 9.90 Å². The van der Waals surface area contributed by atoms with E-state index in [2.05, 4.69) is 11.9 Å². The predicted octanol–water partition coefficient (Wildman–Crippen LogP) is 2.22. The Morgan fingerprint density at radius 2 is 2.37 bits per heavy atom. The summed E-state index contributed by atoms with van der Waals surface area (Å²) in [4.78, 5) is 19.6. The minimum absolute atomic E-state index is 0.0892. The van der Waals surface area contributed by atoms with Crippen LogP contribution < -0.4 is 0 Å². The van der Waals surface area contributed by atoms with Crippen LogP contribution in [0.3, 0.4) is 0 Å². The maximum absolute atomic E-state index is 12.6. The summed E-state index contributed by atoms with van der Waals surface area (Å²) in [5.74, 6) is 0.130. The molecule has 0 bridgehead atoms. The minimum Gasteiger partial charge on any atom is -0.393 e. The zero-order valence-electron chi connectivity index (χ0n) is 11.4. The average Bonchev–Trinajstić information content (AvgIpc) is 2.91. The Labute approximate surface area is 117 Å². The monoisotopic (exact) mass is 280 g/mol. The number of thiazole rings is 1. The number of carbonyl (C=O) groups excluding carboxylic acids is 1. The summed E-state index contributed by atoms with van der Waals surface area (Å²) in [5, 5.41) is 9.86. The van der Waals surface area contributed by atoms with E-state index in [0.29, 0.717) is 0 Å². The van der Waals surface area contributed by atoms with Crippen LogP contribution in [0.5, 0.6) is 0 Å². The van der Waals surface area contributed by atoms with Gasteiger partial charge in [-0.25, -0.2) is 4.98 Å². The molecule has 1 N–H and O–H groups in total. The molecule has 1 saturated heterocycles. The maximum Gasteiger partial charge on any atom is 0.266 e. The van der Waals surface area contributed by atoms with Gasteiger partial charge in [0.05, 0.1) is 17.3 Å². The highest BCUT2D eigenvalue weighted by Crippen LogP contribution is 2.47. The fraction of sp³-hybridized carbons (Fsp3) is 0.714. The van der Waals surface area contributed by atoms with E-state index in [1.807, 2.05) is 11.8 Å². The first-order chi connectivity index (χ1) is 9.01. The molecule has 4 nitrogen and oxygen atoms in total. The van der Waals surface area contributed by atoms with Crippen molar-refractivity contribution in [2.45, 2.75) is 51.7 Å². The number of hydrogen-bond donors (Lipinski definition) is 1. The standard InChI is InChI=1S/C14H20N2O2S/c1-9-12(19-8-15-9)13(18)16-6-5-14(2)7-10(17)3-4-11(14)16/h8,10-11,17H,3-7H2,1-2H3/t10-,11-,14+/m1/s1. The van der Waals surface area contributed by atoms with Crippen LogP contribution in [-0.4, -0.2) is 39.6 Å². The summed E-state index contributed by atoms with van der Waals surface area (Å²) in [7, 11) is 0. The third kappa shape index (κ3) is 2.09. The first kappa shape index (κ1) is 13.1. The highest BCUT2D eigenvalue weighted by Gasteiger charge is 2.49. The molecule has 1 aliphatic carbocycles. The average molecular weight is 280 g/mol. The minimum atomic E-state index is -0.193. The van der Waals surface area contributed by atoms with E-state index < -0.39 is 0 Å². The normalized spacial score (nSPS) is 34.4. The number of rotatable bonds is 1. The number of aliphatic hydroxyl groups excluding tert-OH is 1. The first-order valence-corrected chi connectivity index (χ1v) is 7.78. The van der Waals surface area contributed by atoms with Gasteiger partial charge in [-0.3, -0.25) is 4.79 Å². The molecule has 104 valence electrons. The van der Waals surface area contributed by atoms with E-state index in [4.69, 9.17) is 0 Å². The van der Waals surface area contributed by atoms with Crippen LogP contribution in [0.1, 0.15) is 48.0 Å². The van der Waals surface area contributed by atoms with Crippen molar-refractivity contribution in [2.24, 2.45) is 5.41 Å². The van der Waals surface area contributed by atoms with Crippen molar-refractivity contribution < 1.29 is 9.90 Å². The number of aliphatic hydroxyl groups is 1. The van der Waals surface area contributed by atoms with Crippen LogP contribution in [0, 0.1) is 12.3 Å². The molecule has 0 spiro atoms. The molecule has 2 fully saturated rings. The summed E-state index contributed by atoms with van der Waals surface area (Å²) >= 11 is 1.43. The van der Waals surface area contributed by atoms with Gasteiger partial charge in [0.1, 0.15) is 4.88 Å². The molecule has 19 heavy (non-hydrogen) atoms. The molecule has 0 radical (unpaired) electrons. The molecule has 1 aliphatic heterocycles. The number of likely N-dealkylation sites (tertiary alicyclic amines) is 1. The van der Waals surface area contributed by atoms with E-state index >= 15 is 0 Å². The predicted molar refractivity (Wildman–Crippen MR) is 74.3 cm³/mol. The molecular formula is C14H20N2O2S. The van der Waals surface area contributed by atoms with Gasteiger partial charge >= 0.3 is 0 Å². The molecule has 0 unspecified atom stereocenters. The van der Waals surface area contributed by atoms with Gasteiger partial charge in [-0.2, -0.15) is 0 Å². The van der Waals surface area contributed by atoms with Crippen LogP contribution in [-0.2, 0) is 0 Å². The van der Waals surface area contributed by atoms with Gasteiger partial charge in [0, 0.05) is 12.6 Å². The van der Waals surface area contributed by atoms with Gasteiger partial charge in [-0.1, -0.05) is 6.92 Å². The van der Waals surface area contributed by atoms with Crippen LogP contribution >= 0.6 is 11.3 Å². The number of aromatic nitrogens is 1. The first-order valence-electron chi connectivity index (χ1n) is 6.90. The van der Waals surface area contributed by atoms with Crippen molar-refractivity contribution in [3.63, 3.8) is 0 Å². The second kappa shape index (κ2) is 4.56. The van der Waals surface area contributed by atoms with Crippen molar-refractivity contribution >= 4 is 17.2 Å². The van der Waals surface area contributed by atoms with Crippen molar-refractivity contribution in [3.05, 3.63) is 16.1 Å². The Bertz CT molecular complexity index is 501. The fourth-order valence-electron chi connectivity index (χ4n) is 3.69. The third-order valence-electron chi connectivity index (χ3n) is 4.78. The number of aryl methyl sites for hydroxylation is 1. The van der Waals surface area contributed by atoms with Crippen LogP contribution in [0.25, 0.3) is 0 Å². The largest absolute Gasteiger partial charge is 0.393 e. The van der Waals surface area contributed by atoms with Crippen molar-refractivity contribution in [2.75, 3.05) is 6.54 Å². The van der Waals surface area contributed by atoms with Crippen LogP contribution in [0.15, 0.2) is 5.51 Å². The van der Waals surface area contributed by atoms with E-state index in [-0.39, 0.29) is 23.5 Å². The van der Waals surface area contributed by atoms with Crippen molar-refractivity contribution in [1.29, 1.82) is 0 Å². The quantitative estimate of drug-likeness (QED) is 0.858. The molecule has 1 amide bonds. The molecule has 1 saturated carbocycles. The van der Waals surface area contributed by atoms with Crippen LogP contribution in [0.2, 0.25) is 0 Å². The molecular weight excluding hydrogens is 260 g/mol. The molecule has 5 heteroatoms. The topological polar surface area (TPSA) is 53.4 Å². The molecule has 3 rings (SSSR count). The Kier molecular flexibility index (Phi) is 3.14. The number of nitrogens with zero attached hydrogens (tertiary/aromatic N) is 2. The van der Waals surface area contributed by atoms with Crippen molar-refractivity contribution in [1.82, 2.24) is 9.88 Å². The molecule has 1 aromatic heterocycles. The lowest BCUT2D eigenvalue weighted by atomic mass is 9.71. The maximum atomic E-state index is 12.6. The van der Waals surface area contributed by atoms with Gasteiger partial charge in [0.25, 0.3) is 5.91 Å². The Morgan fingerprint density at radius 1 is 1.58 bits per heavy atom. The Balaban J connectivity index is 1.84. The zero-order chi connectivity index (χ0) is 13.6. The SMILES string of the molecule is Cc1ncsc1C(=O)N1CC[C@@]2(C)C[C@H](O)CC[C@@H]12. The second-order valence-electron chi connectivity index (χ2n) is 6.12. The van der Waals surface area contributed by atoms with Crippen molar-refractivity contribution in [3.8, 4) is 0 Å². The van der Waals surface area contributed by atoms with Gasteiger partial charge in [-0.15, -0.1) is 11.3 Å². The second-order valence-corrected chi connectivity index (χ2v) is 6.98. The highest BCUT2D eigenvalue weighted by atomic mass is 32.1. The molecule has 2 aliphatic rings. The Morgan fingerprint density at radius 3 is 3.05 bits per heavy atom. The Hall–Kier alpha value is -0.940. The third-order valence-corrected chi connectivity index (χ3v) is 5.70. The van der Waals surface area contributed by atoms with Gasteiger partial charge < -0.3 is 10.0 Å².